The highest BCUT2D eigenvalue weighted by Crippen LogP contribution is 2.38. The molecule has 0 bridgehead atoms. The van der Waals surface area contributed by atoms with Crippen molar-refractivity contribution in [2.75, 3.05) is 24.5 Å². The average Bonchev–Trinajstić information content (AvgIpc) is 3.44. The summed E-state index contributed by atoms with van der Waals surface area (Å²) in [5.41, 5.74) is 7.76. The monoisotopic (exact) mass is 715 g/mol. The van der Waals surface area contributed by atoms with Gasteiger partial charge in [-0.05, 0) is 127 Å². The first-order chi connectivity index (χ1) is 25.7. The van der Waals surface area contributed by atoms with Crippen LogP contribution in [0.2, 0.25) is 0 Å². The molecule has 7 rings (SSSR count). The Morgan fingerprint density at radius 1 is 0.981 bits per heavy atom. The molecule has 3 unspecified atom stereocenters. The van der Waals surface area contributed by atoms with E-state index >= 15 is 0 Å². The third-order valence-corrected chi connectivity index (χ3v) is 11.7. The Hall–Kier alpha value is -4.72. The molecule has 8 heteroatoms. The van der Waals surface area contributed by atoms with E-state index in [4.69, 9.17) is 14.5 Å². The molecule has 3 heterocycles. The number of aryl methyl sites for hydroxylation is 2. The summed E-state index contributed by atoms with van der Waals surface area (Å²) >= 11 is 0. The molecule has 3 aromatic carbocycles. The molecule has 8 nitrogen and oxygen atoms in total. The molecule has 3 aliphatic heterocycles. The molecule has 3 aromatic rings. The summed E-state index contributed by atoms with van der Waals surface area (Å²) in [4.78, 5) is 48.9. The van der Waals surface area contributed by atoms with Gasteiger partial charge in [0.2, 0.25) is 0 Å². The van der Waals surface area contributed by atoms with Gasteiger partial charge in [-0.25, -0.2) is 4.79 Å². The van der Waals surface area contributed by atoms with Crippen LogP contribution in [0.4, 0.5) is 11.4 Å². The molecular formula is C45H53N3O5. The second-order valence-electron chi connectivity index (χ2n) is 15.7. The number of ketones is 1. The Labute approximate surface area is 314 Å². The van der Waals surface area contributed by atoms with Crippen molar-refractivity contribution in [3.05, 3.63) is 99.8 Å². The van der Waals surface area contributed by atoms with E-state index < -0.39 is 5.97 Å². The van der Waals surface area contributed by atoms with Crippen molar-refractivity contribution in [1.82, 2.24) is 4.90 Å². The molecule has 278 valence electrons. The van der Waals surface area contributed by atoms with E-state index in [9.17, 15) is 14.4 Å². The summed E-state index contributed by atoms with van der Waals surface area (Å²) < 4.78 is 12.5. The number of Topliss-reactive ketones (excluding diaryl/α,β-unsaturated/α-hetero) is 1. The van der Waals surface area contributed by atoms with Gasteiger partial charge in [-0.3, -0.25) is 14.5 Å². The Balaban J connectivity index is 1.17. The summed E-state index contributed by atoms with van der Waals surface area (Å²) in [6.07, 6.45) is 10.5. The van der Waals surface area contributed by atoms with Gasteiger partial charge in [0.1, 0.15) is 11.9 Å². The van der Waals surface area contributed by atoms with Crippen LogP contribution in [0.5, 0.6) is 0 Å². The van der Waals surface area contributed by atoms with Crippen LogP contribution in [0.15, 0.2) is 71.4 Å². The lowest BCUT2D eigenvalue weighted by molar-refractivity contribution is -0.123. The fraction of sp³-hybridized carbons (Fsp3) is 0.467. The maximum atomic E-state index is 14.2. The summed E-state index contributed by atoms with van der Waals surface area (Å²) in [5, 5.41) is 0. The average molecular weight is 716 g/mol. The quantitative estimate of drug-likeness (QED) is 0.146. The van der Waals surface area contributed by atoms with Crippen LogP contribution in [0.25, 0.3) is 6.08 Å². The first kappa shape index (κ1) is 36.6. The highest BCUT2D eigenvalue weighted by molar-refractivity contribution is 6.12. The molecule has 3 atom stereocenters. The molecule has 1 saturated carbocycles. The number of ether oxygens (including phenoxy) is 2. The molecule has 0 spiro atoms. The number of carbonyl (C=O) groups is 3. The number of rotatable bonds is 11. The van der Waals surface area contributed by atoms with Crippen LogP contribution >= 0.6 is 0 Å². The molecule has 0 aromatic heterocycles. The van der Waals surface area contributed by atoms with Crippen molar-refractivity contribution in [2.24, 2.45) is 22.7 Å². The first-order valence-corrected chi connectivity index (χ1v) is 19.8. The van der Waals surface area contributed by atoms with Crippen molar-refractivity contribution >= 4 is 41.1 Å². The predicted octanol–water partition coefficient (Wildman–Crippen LogP) is 8.65. The van der Waals surface area contributed by atoms with Crippen molar-refractivity contribution in [3.63, 3.8) is 0 Å². The highest BCUT2D eigenvalue weighted by Gasteiger charge is 2.36. The molecule has 1 aliphatic carbocycles. The first-order valence-electron chi connectivity index (χ1n) is 19.8. The zero-order valence-electron chi connectivity index (χ0n) is 31.7. The smallest absolute Gasteiger partial charge is 0.340 e. The van der Waals surface area contributed by atoms with Gasteiger partial charge in [0, 0.05) is 38.2 Å². The summed E-state index contributed by atoms with van der Waals surface area (Å²) in [7, 11) is 0. The second kappa shape index (κ2) is 16.1. The number of carbonyl (C=O) groups excluding carboxylic acids is 3. The standard InChI is InChI=1S/C45H53N3O5/c1-5-37(49)26-32-17-15-31(16-18-32)20-23-48-43(50)41(27-33-24-35-10-8-21-47-22-9-11-36(25-33)42(35)47)53-45(48)46-39-13-7-6-12-38(39)44(51)52-40-28-34(29(2)3)19-14-30(40)4/h6-7,12-13,15-18,24-25,27,29-30,34,40H,5,8-11,14,19-23,26,28H2,1-4H3/b41-27+,46-45?. The van der Waals surface area contributed by atoms with Crippen LogP contribution in [0.1, 0.15) is 104 Å². The van der Waals surface area contributed by atoms with Crippen molar-refractivity contribution in [2.45, 2.75) is 98.0 Å². The van der Waals surface area contributed by atoms with Crippen LogP contribution in [0, 0.1) is 17.8 Å². The fourth-order valence-corrected chi connectivity index (χ4v) is 8.40. The van der Waals surface area contributed by atoms with E-state index in [0.717, 1.165) is 74.7 Å². The topological polar surface area (TPSA) is 88.5 Å². The molecule has 2 fully saturated rings. The fourth-order valence-electron chi connectivity index (χ4n) is 8.40. The lowest BCUT2D eigenvalue weighted by Gasteiger charge is -2.37. The molecule has 53 heavy (non-hydrogen) atoms. The van der Waals surface area contributed by atoms with E-state index in [-0.39, 0.29) is 35.5 Å². The molecule has 1 saturated heterocycles. The van der Waals surface area contributed by atoms with E-state index in [1.54, 1.807) is 17.0 Å². The summed E-state index contributed by atoms with van der Waals surface area (Å²) in [6, 6.07) is 19.7. The van der Waals surface area contributed by atoms with Gasteiger partial charge in [-0.1, -0.05) is 64.1 Å². The third kappa shape index (κ3) is 8.27. The number of esters is 1. The van der Waals surface area contributed by atoms with Crippen LogP contribution in [-0.2, 0) is 44.7 Å². The maximum absolute atomic E-state index is 14.2. The molecule has 0 N–H and O–H groups in total. The number of para-hydroxylation sites is 1. The van der Waals surface area contributed by atoms with Crippen molar-refractivity contribution in [1.29, 1.82) is 0 Å². The molecule has 4 aliphatic rings. The largest absolute Gasteiger partial charge is 0.458 e. The number of benzene rings is 3. The Morgan fingerprint density at radius 2 is 1.68 bits per heavy atom. The van der Waals surface area contributed by atoms with E-state index in [0.29, 0.717) is 48.9 Å². The van der Waals surface area contributed by atoms with Gasteiger partial charge >= 0.3 is 12.0 Å². The normalized spacial score (nSPS) is 22.7. The van der Waals surface area contributed by atoms with Crippen LogP contribution in [0.3, 0.4) is 0 Å². The van der Waals surface area contributed by atoms with Gasteiger partial charge in [0.05, 0.1) is 11.3 Å². The number of nitrogens with zero attached hydrogens (tertiary/aromatic N) is 3. The molecule has 0 radical (unpaired) electrons. The number of hydrogen-bond acceptors (Lipinski definition) is 7. The van der Waals surface area contributed by atoms with E-state index in [2.05, 4.69) is 37.8 Å². The second-order valence-corrected chi connectivity index (χ2v) is 15.7. The SMILES string of the molecule is CCC(=O)Cc1ccc(CCN2C(=O)/C(=C\c3cc4c5c(c3)CCCN5CCC4)OC2=Nc2ccccc2C(=O)OC2CC(C(C)C)CCC2C)cc1. The number of anilines is 1. The minimum absolute atomic E-state index is 0.142. The third-order valence-electron chi connectivity index (χ3n) is 11.7. The van der Waals surface area contributed by atoms with Crippen LogP contribution < -0.4 is 4.90 Å². The van der Waals surface area contributed by atoms with Gasteiger partial charge in [-0.15, -0.1) is 0 Å². The molecular weight excluding hydrogens is 663 g/mol. The summed E-state index contributed by atoms with van der Waals surface area (Å²) in [6.45, 7) is 11.0. The zero-order valence-corrected chi connectivity index (χ0v) is 31.7. The van der Waals surface area contributed by atoms with Gasteiger partial charge in [-0.2, -0.15) is 4.99 Å². The van der Waals surface area contributed by atoms with Gasteiger partial charge in [0.25, 0.3) is 5.91 Å². The number of aliphatic imine (C=N–C) groups is 1. The van der Waals surface area contributed by atoms with Crippen LogP contribution in [-0.4, -0.2) is 54.3 Å². The lowest BCUT2D eigenvalue weighted by Crippen LogP contribution is -2.34. The number of amidine groups is 1. The minimum Gasteiger partial charge on any atom is -0.458 e. The zero-order chi connectivity index (χ0) is 37.1. The van der Waals surface area contributed by atoms with Gasteiger partial charge < -0.3 is 14.4 Å². The Bertz CT molecular complexity index is 1880. The lowest BCUT2D eigenvalue weighted by atomic mass is 9.76. The van der Waals surface area contributed by atoms with E-state index in [1.165, 1.54) is 16.8 Å². The Kier molecular flexibility index (Phi) is 11.1. The predicted molar refractivity (Wildman–Crippen MR) is 209 cm³/mol. The van der Waals surface area contributed by atoms with E-state index in [1.807, 2.05) is 49.4 Å². The highest BCUT2D eigenvalue weighted by atomic mass is 16.5. The number of hydrogen-bond donors (Lipinski definition) is 0. The van der Waals surface area contributed by atoms with Crippen molar-refractivity contribution in [3.8, 4) is 0 Å². The maximum Gasteiger partial charge on any atom is 0.340 e. The Morgan fingerprint density at radius 3 is 2.38 bits per heavy atom. The molecule has 1 amide bonds. The number of amides is 1. The minimum atomic E-state index is -0.406. The van der Waals surface area contributed by atoms with Gasteiger partial charge in [0.15, 0.2) is 5.76 Å². The van der Waals surface area contributed by atoms with Crippen molar-refractivity contribution < 1.29 is 23.9 Å². The summed E-state index contributed by atoms with van der Waals surface area (Å²) in [5.74, 6) is 1.09.